The smallest absolute Gasteiger partial charge is 0.502 e. The van der Waals surface area contributed by atoms with Crippen molar-refractivity contribution in [2.75, 3.05) is 34.5 Å². The third-order valence-electron chi connectivity index (χ3n) is 5.63. The molecule has 0 aliphatic heterocycles. The number of carbonyl (C=O) groups excluding carboxylic acids is 1. The number of hydrogen-bond donors (Lipinski definition) is 1. The van der Waals surface area contributed by atoms with E-state index in [0.717, 1.165) is 11.0 Å². The van der Waals surface area contributed by atoms with E-state index in [0.29, 0.717) is 5.56 Å². The highest BCUT2D eigenvalue weighted by atomic mass is 29.3. The van der Waals surface area contributed by atoms with E-state index < -0.39 is 22.1 Å². The molecule has 1 heterocycles. The number of phenols is 1. The normalized spacial score (nSPS) is 13.2. The first-order valence-corrected chi connectivity index (χ1v) is 16.5. The SMILES string of the molecule is CO[Si](OC)(OC)[Si](C)(C)OCC[N]C(=O)C(Cn1nc2ccccc2n1)c1ccc(O)cc1. The van der Waals surface area contributed by atoms with Crippen LogP contribution in [0.15, 0.2) is 48.5 Å². The Labute approximate surface area is 201 Å². The summed E-state index contributed by atoms with van der Waals surface area (Å²) in [4.78, 5) is 14.6. The average Bonchev–Trinajstić information content (AvgIpc) is 3.25. The molecule has 0 aliphatic carbocycles. The van der Waals surface area contributed by atoms with Crippen molar-refractivity contribution in [3.63, 3.8) is 0 Å². The lowest BCUT2D eigenvalue weighted by Gasteiger charge is -2.36. The lowest BCUT2D eigenvalue weighted by Crippen LogP contribution is -2.66. The molecule has 3 rings (SSSR count). The first-order chi connectivity index (χ1) is 16.2. The van der Waals surface area contributed by atoms with Gasteiger partial charge in [-0.15, -0.1) is 0 Å². The molecule has 34 heavy (non-hydrogen) atoms. The van der Waals surface area contributed by atoms with E-state index >= 15 is 0 Å². The molecule has 12 heteroatoms. The van der Waals surface area contributed by atoms with Crippen molar-refractivity contribution in [1.29, 1.82) is 0 Å². The van der Waals surface area contributed by atoms with E-state index in [9.17, 15) is 9.90 Å². The maximum absolute atomic E-state index is 13.1. The van der Waals surface area contributed by atoms with Gasteiger partial charge in [0.05, 0.1) is 25.6 Å². The Balaban J connectivity index is 1.68. The summed E-state index contributed by atoms with van der Waals surface area (Å²) in [5.74, 6) is -0.806. The molecule has 0 aliphatic rings. The second kappa shape index (κ2) is 11.2. The Hall–Kier alpha value is -2.62. The summed E-state index contributed by atoms with van der Waals surface area (Å²) in [6.07, 6.45) is 0. The fourth-order valence-corrected chi connectivity index (χ4v) is 11.8. The number of benzene rings is 2. The van der Waals surface area contributed by atoms with Crippen LogP contribution in [0.3, 0.4) is 0 Å². The summed E-state index contributed by atoms with van der Waals surface area (Å²) in [6.45, 7) is 4.56. The third kappa shape index (κ3) is 5.71. The second-order valence-electron chi connectivity index (χ2n) is 8.13. The molecule has 1 N–H and O–H groups in total. The van der Waals surface area contributed by atoms with Gasteiger partial charge >= 0.3 is 8.32 Å². The summed E-state index contributed by atoms with van der Waals surface area (Å²) in [6, 6.07) is 14.0. The molecule has 1 radical (unpaired) electrons. The molecule has 1 atom stereocenters. The van der Waals surface area contributed by atoms with Crippen molar-refractivity contribution >= 4 is 33.1 Å². The maximum atomic E-state index is 13.1. The van der Waals surface area contributed by atoms with Gasteiger partial charge in [-0.1, -0.05) is 24.3 Å². The lowest BCUT2D eigenvalue weighted by atomic mass is 9.98. The van der Waals surface area contributed by atoms with Crippen LogP contribution >= 0.6 is 0 Å². The minimum absolute atomic E-state index is 0.123. The highest BCUT2D eigenvalue weighted by molar-refractivity contribution is 7.31. The van der Waals surface area contributed by atoms with Gasteiger partial charge in [0, 0.05) is 21.3 Å². The molecule has 1 amide bonds. The number of rotatable bonds is 12. The predicted molar refractivity (Wildman–Crippen MR) is 131 cm³/mol. The van der Waals surface area contributed by atoms with Crippen LogP contribution in [0.25, 0.3) is 11.0 Å². The van der Waals surface area contributed by atoms with Gasteiger partial charge in [-0.3, -0.25) is 4.79 Å². The number of aromatic hydroxyl groups is 1. The first kappa shape index (κ1) is 26.0. The molecule has 0 saturated heterocycles. The van der Waals surface area contributed by atoms with Crippen LogP contribution in [0.4, 0.5) is 0 Å². The Morgan fingerprint density at radius 2 is 1.56 bits per heavy atom. The Morgan fingerprint density at radius 1 is 1.00 bits per heavy atom. The van der Waals surface area contributed by atoms with E-state index in [4.69, 9.17) is 17.7 Å². The zero-order chi connectivity index (χ0) is 24.8. The average molecular weight is 504 g/mol. The number of carbonyl (C=O) groups is 1. The molecule has 1 unspecified atom stereocenters. The van der Waals surface area contributed by atoms with Gasteiger partial charge < -0.3 is 22.8 Å². The number of fused-ring (bicyclic) bond motifs is 1. The topological polar surface area (TPSA) is 119 Å². The van der Waals surface area contributed by atoms with E-state index in [-0.39, 0.29) is 31.4 Å². The summed E-state index contributed by atoms with van der Waals surface area (Å²) in [5.41, 5.74) is 2.21. The second-order valence-corrected chi connectivity index (χ2v) is 19.2. The van der Waals surface area contributed by atoms with Crippen LogP contribution < -0.4 is 5.32 Å². The molecule has 0 fully saturated rings. The van der Waals surface area contributed by atoms with Crippen molar-refractivity contribution in [3.8, 4) is 5.75 Å². The lowest BCUT2D eigenvalue weighted by molar-refractivity contribution is -0.123. The van der Waals surface area contributed by atoms with Crippen LogP contribution in [-0.2, 0) is 29.0 Å². The van der Waals surface area contributed by atoms with Gasteiger partial charge in [0.15, 0.2) is 0 Å². The molecule has 0 saturated carbocycles. The Morgan fingerprint density at radius 3 is 2.09 bits per heavy atom. The molecular weight excluding hydrogens is 472 g/mol. The quantitative estimate of drug-likeness (QED) is 0.295. The summed E-state index contributed by atoms with van der Waals surface area (Å²) >= 11 is 0. The van der Waals surface area contributed by atoms with E-state index in [1.54, 1.807) is 45.6 Å². The van der Waals surface area contributed by atoms with Crippen molar-refractivity contribution in [2.45, 2.75) is 25.6 Å². The van der Waals surface area contributed by atoms with Gasteiger partial charge in [0.2, 0.25) is 0 Å². The van der Waals surface area contributed by atoms with Crippen LogP contribution in [-0.4, -0.2) is 76.6 Å². The van der Waals surface area contributed by atoms with Crippen molar-refractivity contribution in [3.05, 3.63) is 54.1 Å². The van der Waals surface area contributed by atoms with Gasteiger partial charge in [-0.05, 0) is 42.9 Å². The molecule has 3 aromatic rings. The van der Waals surface area contributed by atoms with Crippen molar-refractivity contribution < 1.29 is 27.6 Å². The zero-order valence-corrected chi connectivity index (χ0v) is 22.1. The molecular formula is C22H31N4O6Si2. The highest BCUT2D eigenvalue weighted by Crippen LogP contribution is 2.24. The van der Waals surface area contributed by atoms with Crippen molar-refractivity contribution in [2.24, 2.45) is 0 Å². The fraction of sp³-hybridized carbons (Fsp3) is 0.409. The standard InChI is InChI=1S/C22H31N4O6Si2/c1-29-34(30-2,31-3)33(4,5)32-15-14-23-22(28)19(17-10-12-18(27)13-11-17)16-26-24-20-8-6-7-9-21(20)25-26/h6-13,19,27H,14-16H2,1-5H3. The molecule has 0 bridgehead atoms. The number of amides is 1. The number of phenolic OH excluding ortho intramolecular Hbond substituents is 1. The van der Waals surface area contributed by atoms with Crippen LogP contribution in [0, 0.1) is 0 Å². The van der Waals surface area contributed by atoms with E-state index in [1.165, 1.54) is 4.80 Å². The first-order valence-electron chi connectivity index (χ1n) is 10.8. The van der Waals surface area contributed by atoms with E-state index in [1.807, 2.05) is 37.4 Å². The molecule has 0 spiro atoms. The monoisotopic (exact) mass is 503 g/mol. The van der Waals surface area contributed by atoms with Crippen LogP contribution in [0.1, 0.15) is 11.5 Å². The number of nitrogens with zero attached hydrogens (tertiary/aromatic N) is 4. The van der Waals surface area contributed by atoms with Crippen LogP contribution in [0.5, 0.6) is 5.75 Å². The zero-order valence-electron chi connectivity index (χ0n) is 20.1. The molecule has 183 valence electrons. The van der Waals surface area contributed by atoms with Gasteiger partial charge in [0.25, 0.3) is 13.7 Å². The fourth-order valence-electron chi connectivity index (χ4n) is 3.82. The Kier molecular flexibility index (Phi) is 8.57. The molecule has 10 nitrogen and oxygen atoms in total. The number of hydrogen-bond acceptors (Lipinski definition) is 8. The maximum Gasteiger partial charge on any atom is 0.502 e. The molecule has 1 aromatic heterocycles. The summed E-state index contributed by atoms with van der Waals surface area (Å²) in [7, 11) is -0.739. The van der Waals surface area contributed by atoms with Gasteiger partial charge in [0.1, 0.15) is 16.8 Å². The van der Waals surface area contributed by atoms with E-state index in [2.05, 4.69) is 15.5 Å². The highest BCUT2D eigenvalue weighted by Gasteiger charge is 2.57. The minimum Gasteiger partial charge on any atom is -0.508 e. The summed E-state index contributed by atoms with van der Waals surface area (Å²) < 4.78 is 22.8. The molecule has 2 aromatic carbocycles. The summed E-state index contributed by atoms with van der Waals surface area (Å²) in [5, 5.41) is 22.9. The minimum atomic E-state index is -2.92. The van der Waals surface area contributed by atoms with Crippen LogP contribution in [0.2, 0.25) is 13.1 Å². The predicted octanol–water partition coefficient (Wildman–Crippen LogP) is 2.23. The van der Waals surface area contributed by atoms with Gasteiger partial charge in [-0.2, -0.15) is 15.0 Å². The van der Waals surface area contributed by atoms with Crippen molar-refractivity contribution in [1.82, 2.24) is 20.3 Å². The largest absolute Gasteiger partial charge is 0.508 e. The number of aromatic nitrogens is 3. The third-order valence-corrected chi connectivity index (χ3v) is 16.3. The van der Waals surface area contributed by atoms with Gasteiger partial charge in [-0.25, -0.2) is 5.32 Å². The Bertz CT molecular complexity index is 1050.